The van der Waals surface area contributed by atoms with Crippen molar-refractivity contribution < 1.29 is 13.5 Å². The van der Waals surface area contributed by atoms with Gasteiger partial charge < -0.3 is 4.74 Å². The zero-order valence-corrected chi connectivity index (χ0v) is 15.5. The second-order valence-corrected chi connectivity index (χ2v) is 7.98. The van der Waals surface area contributed by atoms with Crippen LogP contribution in [-0.2, 0) is 17.9 Å². The largest absolute Gasteiger partial charge is 0.428 e. The van der Waals surface area contributed by atoms with Gasteiger partial charge >= 0.3 is 6.11 Å². The van der Waals surface area contributed by atoms with Crippen molar-refractivity contribution in [1.29, 1.82) is 0 Å². The van der Waals surface area contributed by atoms with E-state index in [0.29, 0.717) is 5.56 Å². The summed E-state index contributed by atoms with van der Waals surface area (Å²) in [5, 5.41) is 1.65. The van der Waals surface area contributed by atoms with Crippen LogP contribution in [0.3, 0.4) is 0 Å². The Morgan fingerprint density at radius 2 is 1.65 bits per heavy atom. The fraction of sp³-hybridized carbons (Fsp3) is 0.304. The Balaban J connectivity index is 1.98. The summed E-state index contributed by atoms with van der Waals surface area (Å²) < 4.78 is 35.1. The Hall–Kier alpha value is -2.42. The number of ether oxygens (including phenoxy) is 1. The lowest BCUT2D eigenvalue weighted by molar-refractivity contribution is -0.186. The molecule has 1 aliphatic heterocycles. The quantitative estimate of drug-likeness (QED) is 0.467. The van der Waals surface area contributed by atoms with Gasteiger partial charge in [-0.1, -0.05) is 64.1 Å². The van der Waals surface area contributed by atoms with Gasteiger partial charge in [0, 0.05) is 10.9 Å². The molecule has 1 heterocycles. The molecular formula is C23H22F2O. The number of fused-ring (bicyclic) bond motifs is 5. The van der Waals surface area contributed by atoms with Crippen LogP contribution in [0.15, 0.2) is 48.5 Å². The van der Waals surface area contributed by atoms with Gasteiger partial charge in [0.05, 0.1) is 5.56 Å². The maximum absolute atomic E-state index is 14.9. The predicted octanol–water partition coefficient (Wildman–Crippen LogP) is 6.81. The highest BCUT2D eigenvalue weighted by Gasteiger charge is 2.43. The summed E-state index contributed by atoms with van der Waals surface area (Å²) in [6.07, 6.45) is -2.44. The number of aryl methyl sites for hydroxylation is 1. The van der Waals surface area contributed by atoms with E-state index in [1.54, 1.807) is 12.1 Å². The van der Waals surface area contributed by atoms with E-state index in [9.17, 15) is 8.78 Å². The Kier molecular flexibility index (Phi) is 3.62. The number of halogens is 2. The monoisotopic (exact) mass is 352 g/mol. The SMILES string of the molecule is CCc1ccc2c3c(ccc2c1)-c1ccc(C(C)(C)C)cc1C(F)(F)O3. The van der Waals surface area contributed by atoms with Gasteiger partial charge in [0.2, 0.25) is 0 Å². The Morgan fingerprint density at radius 1 is 0.923 bits per heavy atom. The van der Waals surface area contributed by atoms with Crippen molar-refractivity contribution in [3.8, 4) is 16.9 Å². The van der Waals surface area contributed by atoms with Gasteiger partial charge in [-0.25, -0.2) is 0 Å². The van der Waals surface area contributed by atoms with E-state index in [4.69, 9.17) is 4.74 Å². The molecule has 0 amide bonds. The molecule has 26 heavy (non-hydrogen) atoms. The second-order valence-electron chi connectivity index (χ2n) is 7.98. The molecule has 1 aliphatic rings. The zero-order chi connectivity index (χ0) is 18.7. The Labute approximate surface area is 152 Å². The molecule has 3 aromatic carbocycles. The van der Waals surface area contributed by atoms with Crippen molar-refractivity contribution >= 4 is 10.8 Å². The van der Waals surface area contributed by atoms with Gasteiger partial charge in [0.1, 0.15) is 5.75 Å². The lowest BCUT2D eigenvalue weighted by Gasteiger charge is -2.31. The first-order chi connectivity index (χ1) is 12.2. The number of alkyl halides is 2. The van der Waals surface area contributed by atoms with Gasteiger partial charge in [-0.2, -0.15) is 8.78 Å². The third kappa shape index (κ3) is 2.57. The topological polar surface area (TPSA) is 9.23 Å². The molecule has 0 fully saturated rings. The first-order valence-electron chi connectivity index (χ1n) is 8.98. The molecule has 0 saturated carbocycles. The number of hydrogen-bond acceptors (Lipinski definition) is 1. The maximum atomic E-state index is 14.9. The highest BCUT2D eigenvalue weighted by Crippen LogP contribution is 2.50. The summed E-state index contributed by atoms with van der Waals surface area (Å²) in [7, 11) is 0. The zero-order valence-electron chi connectivity index (χ0n) is 15.5. The highest BCUT2D eigenvalue weighted by molar-refractivity contribution is 5.96. The number of hydrogen-bond donors (Lipinski definition) is 0. The number of benzene rings is 3. The van der Waals surface area contributed by atoms with E-state index in [-0.39, 0.29) is 16.7 Å². The summed E-state index contributed by atoms with van der Waals surface area (Å²) in [6, 6.07) is 15.1. The molecule has 3 heteroatoms. The van der Waals surface area contributed by atoms with E-state index in [2.05, 4.69) is 6.92 Å². The minimum absolute atomic E-state index is 0.0537. The van der Waals surface area contributed by atoms with Crippen LogP contribution in [0, 0.1) is 0 Å². The molecule has 0 aromatic heterocycles. The molecule has 0 N–H and O–H groups in total. The van der Waals surface area contributed by atoms with E-state index in [1.807, 2.05) is 57.2 Å². The minimum atomic E-state index is -3.35. The number of rotatable bonds is 1. The van der Waals surface area contributed by atoms with E-state index < -0.39 is 6.11 Å². The van der Waals surface area contributed by atoms with Gasteiger partial charge in [0.15, 0.2) is 0 Å². The molecule has 0 radical (unpaired) electrons. The minimum Gasteiger partial charge on any atom is -0.428 e. The van der Waals surface area contributed by atoms with Crippen molar-refractivity contribution in [3.05, 3.63) is 65.2 Å². The smallest absolute Gasteiger partial charge is 0.427 e. The molecule has 0 aliphatic carbocycles. The molecule has 3 aromatic rings. The van der Waals surface area contributed by atoms with E-state index in [0.717, 1.165) is 28.3 Å². The summed E-state index contributed by atoms with van der Waals surface area (Å²) in [6.45, 7) is 8.13. The van der Waals surface area contributed by atoms with Crippen LogP contribution in [0.2, 0.25) is 0 Å². The Bertz CT molecular complexity index is 1010. The van der Waals surface area contributed by atoms with Gasteiger partial charge in [0.25, 0.3) is 0 Å². The van der Waals surface area contributed by atoms with Gasteiger partial charge in [-0.3, -0.25) is 0 Å². The van der Waals surface area contributed by atoms with Crippen molar-refractivity contribution in [3.63, 3.8) is 0 Å². The van der Waals surface area contributed by atoms with Gasteiger partial charge in [-0.05, 0) is 46.0 Å². The van der Waals surface area contributed by atoms with Crippen LogP contribution in [-0.4, -0.2) is 0 Å². The lowest BCUT2D eigenvalue weighted by Crippen LogP contribution is -2.27. The van der Waals surface area contributed by atoms with E-state index >= 15 is 0 Å². The van der Waals surface area contributed by atoms with E-state index in [1.165, 1.54) is 5.56 Å². The van der Waals surface area contributed by atoms with Crippen molar-refractivity contribution in [2.75, 3.05) is 0 Å². The summed E-state index contributed by atoms with van der Waals surface area (Å²) in [5.74, 6) is 0.270. The molecule has 4 rings (SSSR count). The standard InChI is InChI=1S/C23H22F2O/c1-5-14-6-9-17-15(12-14)7-10-19-18-11-8-16(22(2,3)4)13-20(18)23(24,25)26-21(17)19/h6-13H,5H2,1-4H3. The average Bonchev–Trinajstić information content (AvgIpc) is 2.59. The van der Waals surface area contributed by atoms with Gasteiger partial charge in [-0.15, -0.1) is 0 Å². The molecule has 0 spiro atoms. The summed E-state index contributed by atoms with van der Waals surface area (Å²) in [5.41, 5.74) is 3.06. The van der Waals surface area contributed by atoms with Crippen LogP contribution in [0.4, 0.5) is 8.78 Å². The summed E-state index contributed by atoms with van der Waals surface area (Å²) >= 11 is 0. The van der Waals surface area contributed by atoms with Crippen LogP contribution in [0.25, 0.3) is 21.9 Å². The molecule has 134 valence electrons. The third-order valence-corrected chi connectivity index (χ3v) is 5.16. The van der Waals surface area contributed by atoms with Crippen LogP contribution < -0.4 is 4.74 Å². The normalized spacial score (nSPS) is 15.3. The second kappa shape index (κ2) is 5.54. The third-order valence-electron chi connectivity index (χ3n) is 5.16. The first kappa shape index (κ1) is 17.0. The molecule has 0 unspecified atom stereocenters. The molecular weight excluding hydrogens is 330 g/mol. The van der Waals surface area contributed by atoms with Crippen molar-refractivity contribution in [2.24, 2.45) is 0 Å². The first-order valence-corrected chi connectivity index (χ1v) is 8.98. The lowest BCUT2D eigenvalue weighted by atomic mass is 9.83. The van der Waals surface area contributed by atoms with Crippen molar-refractivity contribution in [2.45, 2.75) is 45.6 Å². The van der Waals surface area contributed by atoms with Crippen LogP contribution in [0.5, 0.6) is 5.75 Å². The van der Waals surface area contributed by atoms with Crippen molar-refractivity contribution in [1.82, 2.24) is 0 Å². The van der Waals surface area contributed by atoms with Crippen LogP contribution >= 0.6 is 0 Å². The Morgan fingerprint density at radius 3 is 2.35 bits per heavy atom. The predicted molar refractivity (Wildman–Crippen MR) is 102 cm³/mol. The van der Waals surface area contributed by atoms with Crippen LogP contribution in [0.1, 0.15) is 44.4 Å². The maximum Gasteiger partial charge on any atom is 0.427 e. The molecule has 0 saturated heterocycles. The highest BCUT2D eigenvalue weighted by atomic mass is 19.3. The fourth-order valence-electron chi connectivity index (χ4n) is 3.56. The molecule has 0 atom stereocenters. The molecule has 0 bridgehead atoms. The average molecular weight is 352 g/mol. The summed E-state index contributed by atoms with van der Waals surface area (Å²) in [4.78, 5) is 0. The fourth-order valence-corrected chi connectivity index (χ4v) is 3.56. The molecule has 1 nitrogen and oxygen atoms in total.